The van der Waals surface area contributed by atoms with Crippen LogP contribution in [0.25, 0.3) is 0 Å². The van der Waals surface area contributed by atoms with Crippen LogP contribution in [0.15, 0.2) is 18.2 Å². The molecule has 0 atom stereocenters. The van der Waals surface area contributed by atoms with Gasteiger partial charge in [0.1, 0.15) is 5.75 Å². The first-order chi connectivity index (χ1) is 8.70. The Morgan fingerprint density at radius 2 is 2.17 bits per heavy atom. The van der Waals surface area contributed by atoms with Crippen LogP contribution >= 0.6 is 0 Å². The molecule has 1 aromatic carbocycles. The van der Waals surface area contributed by atoms with Crippen molar-refractivity contribution >= 4 is 0 Å². The van der Waals surface area contributed by atoms with Crippen molar-refractivity contribution in [1.29, 1.82) is 0 Å². The van der Waals surface area contributed by atoms with Crippen LogP contribution in [0, 0.1) is 5.92 Å². The van der Waals surface area contributed by atoms with Crippen LogP contribution in [0.5, 0.6) is 5.75 Å². The first-order valence-electron chi connectivity index (χ1n) is 6.79. The van der Waals surface area contributed by atoms with Gasteiger partial charge in [-0.1, -0.05) is 26.0 Å². The summed E-state index contributed by atoms with van der Waals surface area (Å²) < 4.78 is 5.40. The molecule has 0 amide bonds. The van der Waals surface area contributed by atoms with Gasteiger partial charge in [0.2, 0.25) is 0 Å². The Kier molecular flexibility index (Phi) is 4.61. The van der Waals surface area contributed by atoms with E-state index in [4.69, 9.17) is 4.74 Å². The fourth-order valence-electron chi connectivity index (χ4n) is 2.26. The van der Waals surface area contributed by atoms with E-state index in [1.54, 1.807) is 7.11 Å². The van der Waals surface area contributed by atoms with Crippen molar-refractivity contribution in [1.82, 2.24) is 10.6 Å². The van der Waals surface area contributed by atoms with E-state index in [0.29, 0.717) is 5.92 Å². The molecule has 3 nitrogen and oxygen atoms in total. The summed E-state index contributed by atoms with van der Waals surface area (Å²) in [6.45, 7) is 8.78. The van der Waals surface area contributed by atoms with Crippen molar-refractivity contribution in [2.45, 2.75) is 26.3 Å². The van der Waals surface area contributed by atoms with E-state index in [-0.39, 0.29) is 0 Å². The maximum atomic E-state index is 5.40. The van der Waals surface area contributed by atoms with Gasteiger partial charge in [-0.3, -0.25) is 0 Å². The smallest absolute Gasteiger partial charge is 0.122 e. The first kappa shape index (κ1) is 13.4. The number of benzene rings is 1. The molecule has 1 heterocycles. The van der Waals surface area contributed by atoms with Crippen LogP contribution < -0.4 is 15.4 Å². The second kappa shape index (κ2) is 6.21. The lowest BCUT2D eigenvalue weighted by Crippen LogP contribution is -2.47. The summed E-state index contributed by atoms with van der Waals surface area (Å²) in [5.74, 6) is 2.31. The molecule has 0 radical (unpaired) electrons. The zero-order valence-corrected chi connectivity index (χ0v) is 11.6. The van der Waals surface area contributed by atoms with E-state index in [0.717, 1.165) is 37.8 Å². The minimum absolute atomic E-state index is 0.496. The predicted molar refractivity (Wildman–Crippen MR) is 75.1 cm³/mol. The third-order valence-electron chi connectivity index (χ3n) is 3.54. The fourth-order valence-corrected chi connectivity index (χ4v) is 2.26. The third-order valence-corrected chi connectivity index (χ3v) is 3.54. The van der Waals surface area contributed by atoms with Crippen molar-refractivity contribution in [2.24, 2.45) is 5.92 Å². The molecular formula is C15H24N2O. The molecule has 2 rings (SSSR count). The van der Waals surface area contributed by atoms with Gasteiger partial charge in [-0.2, -0.15) is 0 Å². The van der Waals surface area contributed by atoms with E-state index in [1.165, 1.54) is 11.1 Å². The third kappa shape index (κ3) is 3.24. The SMILES string of the molecule is COc1ccc(CNCC2CNC2)cc1C(C)C. The summed E-state index contributed by atoms with van der Waals surface area (Å²) in [7, 11) is 1.74. The van der Waals surface area contributed by atoms with E-state index in [1.807, 2.05) is 0 Å². The van der Waals surface area contributed by atoms with Gasteiger partial charge in [-0.05, 0) is 29.0 Å². The summed E-state index contributed by atoms with van der Waals surface area (Å²) in [6.07, 6.45) is 0. The molecule has 1 fully saturated rings. The quantitative estimate of drug-likeness (QED) is 0.809. The highest BCUT2D eigenvalue weighted by Crippen LogP contribution is 2.27. The molecule has 1 aliphatic heterocycles. The van der Waals surface area contributed by atoms with Gasteiger partial charge in [-0.15, -0.1) is 0 Å². The number of hydrogen-bond acceptors (Lipinski definition) is 3. The Labute approximate surface area is 110 Å². The summed E-state index contributed by atoms with van der Waals surface area (Å²) >= 11 is 0. The summed E-state index contributed by atoms with van der Waals surface area (Å²) in [4.78, 5) is 0. The number of methoxy groups -OCH3 is 1. The number of ether oxygens (including phenoxy) is 1. The van der Waals surface area contributed by atoms with Crippen LogP contribution in [0.1, 0.15) is 30.9 Å². The second-order valence-corrected chi connectivity index (χ2v) is 5.39. The summed E-state index contributed by atoms with van der Waals surface area (Å²) in [5.41, 5.74) is 2.63. The lowest BCUT2D eigenvalue weighted by atomic mass is 9.99. The van der Waals surface area contributed by atoms with Crippen molar-refractivity contribution in [3.05, 3.63) is 29.3 Å². The Balaban J connectivity index is 1.93. The van der Waals surface area contributed by atoms with E-state index >= 15 is 0 Å². The number of nitrogens with one attached hydrogen (secondary N) is 2. The molecule has 18 heavy (non-hydrogen) atoms. The van der Waals surface area contributed by atoms with Gasteiger partial charge < -0.3 is 15.4 Å². The van der Waals surface area contributed by atoms with Crippen molar-refractivity contribution < 1.29 is 4.74 Å². The monoisotopic (exact) mass is 248 g/mol. The highest BCUT2D eigenvalue weighted by Gasteiger charge is 2.15. The molecule has 0 bridgehead atoms. The van der Waals surface area contributed by atoms with Crippen molar-refractivity contribution in [3.8, 4) is 5.75 Å². The number of hydrogen-bond donors (Lipinski definition) is 2. The van der Waals surface area contributed by atoms with Gasteiger partial charge >= 0.3 is 0 Å². The van der Waals surface area contributed by atoms with E-state index in [9.17, 15) is 0 Å². The second-order valence-electron chi connectivity index (χ2n) is 5.39. The Morgan fingerprint density at radius 1 is 1.39 bits per heavy atom. The molecule has 3 heteroatoms. The minimum Gasteiger partial charge on any atom is -0.496 e. The molecule has 0 aromatic heterocycles. The standard InChI is InChI=1S/C15H24N2O/c1-11(2)14-6-12(4-5-15(14)18-3)7-16-8-13-9-17-10-13/h4-6,11,13,16-17H,7-10H2,1-3H3. The van der Waals surface area contributed by atoms with Gasteiger partial charge in [0.25, 0.3) is 0 Å². The highest BCUT2D eigenvalue weighted by molar-refractivity contribution is 5.39. The normalized spacial score (nSPS) is 15.8. The molecule has 100 valence electrons. The lowest BCUT2D eigenvalue weighted by Gasteiger charge is -2.27. The molecular weight excluding hydrogens is 224 g/mol. The first-order valence-corrected chi connectivity index (χ1v) is 6.79. The molecule has 2 N–H and O–H groups in total. The topological polar surface area (TPSA) is 33.3 Å². The maximum Gasteiger partial charge on any atom is 0.122 e. The zero-order valence-electron chi connectivity index (χ0n) is 11.6. The van der Waals surface area contributed by atoms with E-state index < -0.39 is 0 Å². The predicted octanol–water partition coefficient (Wildman–Crippen LogP) is 2.13. The van der Waals surface area contributed by atoms with Crippen molar-refractivity contribution in [2.75, 3.05) is 26.7 Å². The summed E-state index contributed by atoms with van der Waals surface area (Å²) in [6, 6.07) is 6.49. The maximum absolute atomic E-state index is 5.40. The summed E-state index contributed by atoms with van der Waals surface area (Å²) in [5, 5.41) is 6.82. The fraction of sp³-hybridized carbons (Fsp3) is 0.600. The highest BCUT2D eigenvalue weighted by atomic mass is 16.5. The van der Waals surface area contributed by atoms with Gasteiger partial charge in [-0.25, -0.2) is 0 Å². The molecule has 1 saturated heterocycles. The largest absolute Gasteiger partial charge is 0.496 e. The molecule has 1 aliphatic rings. The molecule has 0 unspecified atom stereocenters. The van der Waals surface area contributed by atoms with E-state index in [2.05, 4.69) is 42.7 Å². The molecule has 0 aliphatic carbocycles. The Morgan fingerprint density at radius 3 is 2.72 bits per heavy atom. The Hall–Kier alpha value is -1.06. The van der Waals surface area contributed by atoms with Crippen LogP contribution in [0.2, 0.25) is 0 Å². The van der Waals surface area contributed by atoms with Gasteiger partial charge in [0.15, 0.2) is 0 Å². The van der Waals surface area contributed by atoms with Gasteiger partial charge in [0.05, 0.1) is 7.11 Å². The van der Waals surface area contributed by atoms with Crippen molar-refractivity contribution in [3.63, 3.8) is 0 Å². The van der Waals surface area contributed by atoms with Crippen LogP contribution in [-0.2, 0) is 6.54 Å². The molecule has 0 saturated carbocycles. The lowest BCUT2D eigenvalue weighted by molar-refractivity contribution is 0.331. The zero-order chi connectivity index (χ0) is 13.0. The minimum atomic E-state index is 0.496. The number of rotatable bonds is 6. The van der Waals surface area contributed by atoms with Crippen LogP contribution in [0.4, 0.5) is 0 Å². The molecule has 1 aromatic rings. The van der Waals surface area contributed by atoms with Crippen LogP contribution in [-0.4, -0.2) is 26.7 Å². The average molecular weight is 248 g/mol. The molecule has 0 spiro atoms. The Bertz CT molecular complexity index is 386. The van der Waals surface area contributed by atoms with Gasteiger partial charge in [0, 0.05) is 26.2 Å². The van der Waals surface area contributed by atoms with Crippen LogP contribution in [0.3, 0.4) is 0 Å². The average Bonchev–Trinajstić information content (AvgIpc) is 2.32.